The van der Waals surface area contributed by atoms with Crippen LogP contribution in [0.1, 0.15) is 57.9 Å². The van der Waals surface area contributed by atoms with Crippen LogP contribution < -0.4 is 9.47 Å². The van der Waals surface area contributed by atoms with Crippen LogP contribution in [0.15, 0.2) is 36.4 Å². The van der Waals surface area contributed by atoms with Gasteiger partial charge in [0.25, 0.3) is 0 Å². The summed E-state index contributed by atoms with van der Waals surface area (Å²) in [6.07, 6.45) is 13.5. The molecule has 0 bridgehead atoms. The van der Waals surface area contributed by atoms with E-state index in [9.17, 15) is 4.79 Å². The molecule has 1 heterocycles. The molecule has 25 heavy (non-hydrogen) atoms. The van der Waals surface area contributed by atoms with E-state index in [0.29, 0.717) is 0 Å². The number of ether oxygens (including phenoxy) is 3. The van der Waals surface area contributed by atoms with Gasteiger partial charge in [0.15, 0.2) is 11.5 Å². The summed E-state index contributed by atoms with van der Waals surface area (Å²) in [5.41, 5.74) is 0.990. The molecule has 0 saturated carbocycles. The van der Waals surface area contributed by atoms with Crippen molar-refractivity contribution in [3.05, 3.63) is 42.0 Å². The zero-order chi connectivity index (χ0) is 17.9. The maximum atomic E-state index is 11.9. The van der Waals surface area contributed by atoms with Crippen LogP contribution in [0.5, 0.6) is 11.5 Å². The highest BCUT2D eigenvalue weighted by atomic mass is 16.7. The van der Waals surface area contributed by atoms with E-state index in [0.717, 1.165) is 36.3 Å². The minimum Gasteiger partial charge on any atom is -0.459 e. The number of hydrogen-bond acceptors (Lipinski definition) is 4. The first-order valence-corrected chi connectivity index (χ1v) is 9.18. The van der Waals surface area contributed by atoms with Gasteiger partial charge in [-0.2, -0.15) is 0 Å². The summed E-state index contributed by atoms with van der Waals surface area (Å²) in [5.74, 6) is 1.23. The van der Waals surface area contributed by atoms with Crippen molar-refractivity contribution in [2.75, 3.05) is 6.79 Å². The fraction of sp³-hybridized carbons (Fsp3) is 0.476. The number of carbonyl (C=O) groups is 1. The van der Waals surface area contributed by atoms with Crippen molar-refractivity contribution in [2.45, 2.75) is 58.5 Å². The number of fused-ring (bicyclic) bond motifs is 1. The van der Waals surface area contributed by atoms with Crippen LogP contribution in [0.25, 0.3) is 6.08 Å². The highest BCUT2D eigenvalue weighted by Crippen LogP contribution is 2.32. The third kappa shape index (κ3) is 6.65. The number of unbranched alkanes of at least 4 members (excludes halogenated alkanes) is 3. The molecule has 1 atom stereocenters. The lowest BCUT2D eigenvalue weighted by Crippen LogP contribution is -2.15. The maximum Gasteiger partial charge on any atom is 0.331 e. The second-order valence-corrected chi connectivity index (χ2v) is 6.15. The lowest BCUT2D eigenvalue weighted by Gasteiger charge is -2.14. The molecule has 0 aliphatic carbocycles. The monoisotopic (exact) mass is 344 g/mol. The summed E-state index contributed by atoms with van der Waals surface area (Å²) in [6, 6.07) is 5.73. The van der Waals surface area contributed by atoms with E-state index >= 15 is 0 Å². The molecular weight excluding hydrogens is 316 g/mol. The van der Waals surface area contributed by atoms with E-state index < -0.39 is 0 Å². The van der Waals surface area contributed by atoms with Gasteiger partial charge in [-0.1, -0.05) is 57.4 Å². The topological polar surface area (TPSA) is 44.8 Å². The summed E-state index contributed by atoms with van der Waals surface area (Å²) in [4.78, 5) is 11.9. The molecule has 136 valence electrons. The molecular formula is C21H28O4. The van der Waals surface area contributed by atoms with Crippen LogP contribution in [-0.4, -0.2) is 18.9 Å². The number of hydrogen-bond donors (Lipinski definition) is 0. The van der Waals surface area contributed by atoms with E-state index in [1.807, 2.05) is 30.4 Å². The van der Waals surface area contributed by atoms with E-state index in [1.54, 1.807) is 6.08 Å². The molecule has 4 heteroatoms. The van der Waals surface area contributed by atoms with Crippen LogP contribution >= 0.6 is 0 Å². The molecule has 4 nitrogen and oxygen atoms in total. The highest BCUT2D eigenvalue weighted by Gasteiger charge is 2.12. The van der Waals surface area contributed by atoms with E-state index in [1.165, 1.54) is 25.3 Å². The molecule has 0 spiro atoms. The first-order chi connectivity index (χ1) is 12.2. The Morgan fingerprint density at radius 3 is 2.80 bits per heavy atom. The van der Waals surface area contributed by atoms with Gasteiger partial charge in [0.05, 0.1) is 0 Å². The number of carbonyl (C=O) groups excluding carboxylic acids is 1. The van der Waals surface area contributed by atoms with Gasteiger partial charge in [0.2, 0.25) is 6.79 Å². The highest BCUT2D eigenvalue weighted by molar-refractivity contribution is 5.82. The van der Waals surface area contributed by atoms with Crippen LogP contribution in [0.3, 0.4) is 0 Å². The molecule has 0 fully saturated rings. The van der Waals surface area contributed by atoms with Crippen molar-refractivity contribution in [1.82, 2.24) is 0 Å². The molecule has 0 N–H and O–H groups in total. The predicted molar refractivity (Wildman–Crippen MR) is 99.7 cm³/mol. The average Bonchev–Trinajstić information content (AvgIpc) is 3.09. The zero-order valence-corrected chi connectivity index (χ0v) is 15.2. The minimum absolute atomic E-state index is 0.0202. The van der Waals surface area contributed by atoms with Crippen LogP contribution in [0, 0.1) is 0 Å². The molecule has 1 aromatic carbocycles. The third-order valence-corrected chi connectivity index (χ3v) is 4.15. The summed E-state index contributed by atoms with van der Waals surface area (Å²) in [6.45, 7) is 4.52. The summed E-state index contributed by atoms with van der Waals surface area (Å²) in [5, 5.41) is 0. The van der Waals surface area contributed by atoms with Gasteiger partial charge in [-0.05, 0) is 37.0 Å². The van der Waals surface area contributed by atoms with Gasteiger partial charge >= 0.3 is 5.97 Å². The number of benzene rings is 1. The first-order valence-electron chi connectivity index (χ1n) is 9.18. The Kier molecular flexibility index (Phi) is 8.10. The summed E-state index contributed by atoms with van der Waals surface area (Å²) >= 11 is 0. The van der Waals surface area contributed by atoms with Crippen LogP contribution in [0.2, 0.25) is 0 Å². The second-order valence-electron chi connectivity index (χ2n) is 6.15. The Hall–Kier alpha value is -2.23. The normalized spacial score (nSPS) is 14.3. The quantitative estimate of drug-likeness (QED) is 0.251. The van der Waals surface area contributed by atoms with Gasteiger partial charge in [0, 0.05) is 6.08 Å². The van der Waals surface area contributed by atoms with Gasteiger partial charge in [-0.15, -0.1) is 0 Å². The van der Waals surface area contributed by atoms with Gasteiger partial charge < -0.3 is 14.2 Å². The zero-order valence-electron chi connectivity index (χ0n) is 15.2. The second kappa shape index (κ2) is 10.6. The number of allylic oxidation sites excluding steroid dienone is 2. The third-order valence-electron chi connectivity index (χ3n) is 4.15. The van der Waals surface area contributed by atoms with Crippen LogP contribution in [-0.2, 0) is 9.53 Å². The lowest BCUT2D eigenvalue weighted by molar-refractivity contribution is -0.143. The SMILES string of the molecule is CCCCCCC(CC)OC(=O)C=CC=Cc1ccc2c(c1)OCO2. The summed E-state index contributed by atoms with van der Waals surface area (Å²) < 4.78 is 16.1. The number of rotatable bonds is 10. The summed E-state index contributed by atoms with van der Waals surface area (Å²) in [7, 11) is 0. The molecule has 0 amide bonds. The molecule has 0 aromatic heterocycles. The van der Waals surface area contributed by atoms with Gasteiger partial charge in [0.1, 0.15) is 6.10 Å². The van der Waals surface area contributed by atoms with E-state index in [4.69, 9.17) is 14.2 Å². The lowest BCUT2D eigenvalue weighted by atomic mass is 10.1. The Bertz CT molecular complexity index is 604. The first kappa shape index (κ1) is 19.1. The molecule has 0 saturated heterocycles. The van der Waals surface area contributed by atoms with Crippen molar-refractivity contribution in [2.24, 2.45) is 0 Å². The predicted octanol–water partition coefficient (Wildman–Crippen LogP) is 5.28. The number of esters is 1. The van der Waals surface area contributed by atoms with E-state index in [-0.39, 0.29) is 18.9 Å². The standard InChI is InChI=1S/C21H28O4/c1-3-5-6-7-11-18(4-2)25-21(22)12-9-8-10-17-13-14-19-20(15-17)24-16-23-19/h8-10,12-15,18H,3-7,11,16H2,1-2H3. The van der Waals surface area contributed by atoms with Crippen molar-refractivity contribution in [3.63, 3.8) is 0 Å². The minimum atomic E-state index is -0.280. The Morgan fingerprint density at radius 1 is 1.16 bits per heavy atom. The average molecular weight is 344 g/mol. The van der Waals surface area contributed by atoms with Crippen molar-refractivity contribution >= 4 is 12.0 Å². The molecule has 0 radical (unpaired) electrons. The van der Waals surface area contributed by atoms with E-state index in [2.05, 4.69) is 13.8 Å². The Morgan fingerprint density at radius 2 is 2.00 bits per heavy atom. The van der Waals surface area contributed by atoms with Gasteiger partial charge in [-0.25, -0.2) is 4.79 Å². The fourth-order valence-electron chi connectivity index (χ4n) is 2.67. The van der Waals surface area contributed by atoms with Crippen molar-refractivity contribution < 1.29 is 19.0 Å². The largest absolute Gasteiger partial charge is 0.459 e. The van der Waals surface area contributed by atoms with Gasteiger partial charge in [-0.3, -0.25) is 0 Å². The Balaban J connectivity index is 1.75. The van der Waals surface area contributed by atoms with Crippen molar-refractivity contribution in [3.8, 4) is 11.5 Å². The molecule has 1 unspecified atom stereocenters. The molecule has 1 aliphatic rings. The molecule has 1 aromatic rings. The Labute approximate surface area is 150 Å². The molecule has 1 aliphatic heterocycles. The van der Waals surface area contributed by atoms with Crippen LogP contribution in [0.4, 0.5) is 0 Å². The maximum absolute atomic E-state index is 11.9. The fourth-order valence-corrected chi connectivity index (χ4v) is 2.67. The van der Waals surface area contributed by atoms with Crippen molar-refractivity contribution in [1.29, 1.82) is 0 Å². The molecule has 2 rings (SSSR count). The smallest absolute Gasteiger partial charge is 0.331 e.